The molecule has 0 fully saturated rings. The zero-order valence-electron chi connectivity index (χ0n) is 20.5. The highest BCUT2D eigenvalue weighted by Gasteiger charge is 2.31. The van der Waals surface area contributed by atoms with E-state index in [4.69, 9.17) is 9.47 Å². The van der Waals surface area contributed by atoms with E-state index >= 15 is 0 Å². The largest absolute Gasteiger partial charge is 0.497 e. The molecule has 0 saturated heterocycles. The highest BCUT2D eigenvalue weighted by atomic mass is 32.1. The minimum atomic E-state index is -4.55. The molecule has 4 rings (SSSR count). The third-order valence-electron chi connectivity index (χ3n) is 6.11. The van der Waals surface area contributed by atoms with Crippen LogP contribution in [0.3, 0.4) is 0 Å². The van der Waals surface area contributed by atoms with Crippen molar-refractivity contribution in [3.63, 3.8) is 0 Å². The first-order chi connectivity index (χ1) is 17.6. The number of aryl methyl sites for hydroxylation is 1. The van der Waals surface area contributed by atoms with Crippen LogP contribution in [0.5, 0.6) is 11.5 Å². The molecule has 1 aromatic heterocycles. The summed E-state index contributed by atoms with van der Waals surface area (Å²) in [7, 11) is 1.60. The summed E-state index contributed by atoms with van der Waals surface area (Å²) in [6.07, 6.45) is -4.55. The van der Waals surface area contributed by atoms with Crippen LogP contribution in [-0.2, 0) is 6.18 Å². The molecule has 3 aromatic carbocycles. The number of carboxylic acids is 1. The molecule has 37 heavy (non-hydrogen) atoms. The standard InChI is InChI=1S/C28H26F3NO4S/c1-16-24-8-7-19(14-25(24)37-26(16)27(33)34)20-11-21(28(29,30)31)15-23(13-20)36-10-9-32-17(2)18-5-4-6-22(12-18)35-3/h4-8,11-15,17,32H,9-10H2,1-3H3,(H,33,34)/t17-/m1/s1. The summed E-state index contributed by atoms with van der Waals surface area (Å²) in [5.74, 6) is -0.173. The summed E-state index contributed by atoms with van der Waals surface area (Å²) in [5, 5.41) is 13.5. The zero-order chi connectivity index (χ0) is 26.7. The number of carboxylic acid groups (broad SMARTS) is 1. The van der Waals surface area contributed by atoms with Crippen molar-refractivity contribution in [2.24, 2.45) is 0 Å². The Labute approximate surface area is 216 Å². The van der Waals surface area contributed by atoms with Crippen LogP contribution in [0.1, 0.15) is 39.3 Å². The van der Waals surface area contributed by atoms with Crippen LogP contribution in [0.25, 0.3) is 21.2 Å². The quantitative estimate of drug-likeness (QED) is 0.222. The van der Waals surface area contributed by atoms with E-state index in [1.54, 1.807) is 38.3 Å². The van der Waals surface area contributed by atoms with E-state index in [-0.39, 0.29) is 23.3 Å². The van der Waals surface area contributed by atoms with E-state index in [2.05, 4.69) is 5.32 Å². The number of methoxy groups -OCH3 is 1. The van der Waals surface area contributed by atoms with Crippen LogP contribution in [-0.4, -0.2) is 31.3 Å². The van der Waals surface area contributed by atoms with Gasteiger partial charge in [0, 0.05) is 17.3 Å². The van der Waals surface area contributed by atoms with E-state index in [1.807, 2.05) is 31.2 Å². The number of nitrogens with one attached hydrogen (secondary N) is 1. The third kappa shape index (κ3) is 6.06. The number of benzene rings is 3. The second-order valence-corrected chi connectivity index (χ2v) is 9.67. The average molecular weight is 530 g/mol. The molecule has 194 valence electrons. The smallest absolute Gasteiger partial charge is 0.416 e. The molecule has 0 aliphatic rings. The summed E-state index contributed by atoms with van der Waals surface area (Å²) in [6.45, 7) is 4.29. The maximum Gasteiger partial charge on any atom is 0.416 e. The second-order valence-electron chi connectivity index (χ2n) is 8.62. The Bertz CT molecular complexity index is 1430. The van der Waals surface area contributed by atoms with Gasteiger partial charge in [0.05, 0.1) is 12.7 Å². The molecule has 0 aliphatic carbocycles. The van der Waals surface area contributed by atoms with Gasteiger partial charge in [-0.3, -0.25) is 0 Å². The number of thiophene rings is 1. The van der Waals surface area contributed by atoms with Gasteiger partial charge >= 0.3 is 12.1 Å². The normalized spacial score (nSPS) is 12.5. The van der Waals surface area contributed by atoms with E-state index in [1.165, 1.54) is 0 Å². The molecule has 0 saturated carbocycles. The molecule has 1 atom stereocenters. The van der Waals surface area contributed by atoms with Gasteiger partial charge in [-0.1, -0.05) is 24.3 Å². The number of rotatable bonds is 9. The molecule has 0 unspecified atom stereocenters. The van der Waals surface area contributed by atoms with Gasteiger partial charge in [0.2, 0.25) is 0 Å². The fourth-order valence-electron chi connectivity index (χ4n) is 4.09. The van der Waals surface area contributed by atoms with Crippen LogP contribution in [0.15, 0.2) is 60.7 Å². The van der Waals surface area contributed by atoms with Crippen molar-refractivity contribution < 1.29 is 32.5 Å². The first kappa shape index (κ1) is 26.5. The van der Waals surface area contributed by atoms with Gasteiger partial charge < -0.3 is 19.9 Å². The van der Waals surface area contributed by atoms with Gasteiger partial charge in [-0.15, -0.1) is 11.3 Å². The number of carbonyl (C=O) groups is 1. The van der Waals surface area contributed by atoms with E-state index < -0.39 is 17.7 Å². The topological polar surface area (TPSA) is 67.8 Å². The monoisotopic (exact) mass is 529 g/mol. The van der Waals surface area contributed by atoms with Crippen molar-refractivity contribution in [2.45, 2.75) is 26.1 Å². The molecule has 0 bridgehead atoms. The van der Waals surface area contributed by atoms with E-state index in [0.29, 0.717) is 27.9 Å². The Morgan fingerprint density at radius 2 is 1.84 bits per heavy atom. The van der Waals surface area contributed by atoms with Crippen molar-refractivity contribution in [3.8, 4) is 22.6 Å². The Hall–Kier alpha value is -3.56. The molecule has 5 nitrogen and oxygen atoms in total. The molecule has 0 aliphatic heterocycles. The lowest BCUT2D eigenvalue weighted by atomic mass is 10.0. The van der Waals surface area contributed by atoms with Gasteiger partial charge in [-0.25, -0.2) is 4.79 Å². The SMILES string of the molecule is COc1cccc([C@@H](C)NCCOc2cc(-c3ccc4c(C)c(C(=O)O)sc4c3)cc(C(F)(F)F)c2)c1. The molecule has 0 amide bonds. The Morgan fingerprint density at radius 1 is 1.05 bits per heavy atom. The van der Waals surface area contributed by atoms with Gasteiger partial charge in [0.15, 0.2) is 0 Å². The molecular weight excluding hydrogens is 503 g/mol. The maximum atomic E-state index is 13.7. The van der Waals surface area contributed by atoms with Crippen molar-refractivity contribution in [2.75, 3.05) is 20.3 Å². The first-order valence-electron chi connectivity index (χ1n) is 11.6. The predicted molar refractivity (Wildman–Crippen MR) is 139 cm³/mol. The van der Waals surface area contributed by atoms with Crippen molar-refractivity contribution in [1.29, 1.82) is 0 Å². The van der Waals surface area contributed by atoms with Crippen LogP contribution in [0.2, 0.25) is 0 Å². The summed E-state index contributed by atoms with van der Waals surface area (Å²) in [5.41, 5.74) is 1.74. The summed E-state index contributed by atoms with van der Waals surface area (Å²) in [4.78, 5) is 11.7. The van der Waals surface area contributed by atoms with Crippen LogP contribution in [0.4, 0.5) is 13.2 Å². The third-order valence-corrected chi connectivity index (χ3v) is 7.36. The summed E-state index contributed by atoms with van der Waals surface area (Å²) < 4.78 is 52.7. The van der Waals surface area contributed by atoms with Gasteiger partial charge in [0.25, 0.3) is 0 Å². The Morgan fingerprint density at radius 3 is 2.54 bits per heavy atom. The van der Waals surface area contributed by atoms with E-state index in [0.717, 1.165) is 40.2 Å². The number of alkyl halides is 3. The highest BCUT2D eigenvalue weighted by Crippen LogP contribution is 2.38. The number of hydrogen-bond acceptors (Lipinski definition) is 5. The number of ether oxygens (including phenoxy) is 2. The van der Waals surface area contributed by atoms with Crippen LogP contribution < -0.4 is 14.8 Å². The van der Waals surface area contributed by atoms with E-state index in [9.17, 15) is 23.1 Å². The first-order valence-corrected chi connectivity index (χ1v) is 12.4. The highest BCUT2D eigenvalue weighted by molar-refractivity contribution is 7.21. The minimum absolute atomic E-state index is 0.00700. The maximum absolute atomic E-state index is 13.7. The number of aromatic carboxylic acids is 1. The second kappa shape index (κ2) is 10.8. The van der Waals surface area contributed by atoms with Gasteiger partial charge in [-0.05, 0) is 77.9 Å². The Kier molecular flexibility index (Phi) is 7.75. The fourth-order valence-corrected chi connectivity index (χ4v) is 5.18. The molecule has 0 spiro atoms. The lowest BCUT2D eigenvalue weighted by Crippen LogP contribution is -2.24. The van der Waals surface area contributed by atoms with Crippen LogP contribution in [0, 0.1) is 6.92 Å². The minimum Gasteiger partial charge on any atom is -0.497 e. The van der Waals surface area contributed by atoms with Crippen LogP contribution >= 0.6 is 11.3 Å². The summed E-state index contributed by atoms with van der Waals surface area (Å²) in [6, 6.07) is 16.4. The van der Waals surface area contributed by atoms with Gasteiger partial charge in [0.1, 0.15) is 23.0 Å². The zero-order valence-corrected chi connectivity index (χ0v) is 21.3. The molecular formula is C28H26F3NO4S. The number of fused-ring (bicyclic) bond motifs is 1. The van der Waals surface area contributed by atoms with Crippen molar-refractivity contribution in [1.82, 2.24) is 5.32 Å². The molecule has 4 aromatic rings. The molecule has 0 radical (unpaired) electrons. The lowest BCUT2D eigenvalue weighted by molar-refractivity contribution is -0.137. The van der Waals surface area contributed by atoms with Crippen molar-refractivity contribution >= 4 is 27.4 Å². The summed E-state index contributed by atoms with van der Waals surface area (Å²) >= 11 is 1.11. The average Bonchev–Trinajstić information content (AvgIpc) is 3.21. The Balaban J connectivity index is 1.53. The van der Waals surface area contributed by atoms with Crippen molar-refractivity contribution in [3.05, 3.63) is 82.2 Å². The molecule has 1 heterocycles. The fraction of sp³-hybridized carbons (Fsp3) is 0.250. The number of halogens is 3. The van der Waals surface area contributed by atoms with Gasteiger partial charge in [-0.2, -0.15) is 13.2 Å². The lowest BCUT2D eigenvalue weighted by Gasteiger charge is -2.17. The predicted octanol–water partition coefficient (Wildman–Crippen LogP) is 7.33. The number of hydrogen-bond donors (Lipinski definition) is 2. The molecule has 9 heteroatoms. The molecule has 2 N–H and O–H groups in total.